The molecule has 2 aromatic carbocycles. The van der Waals surface area contributed by atoms with Crippen LogP contribution in [0, 0.1) is 5.92 Å². The standard InChI is InChI=1S/C24H26N2O/c1-15(2)13-20-14-23(16(3)17(4)27-18(5)25-6)26-22-12-11-19-9-7-8-10-21(19)24(20)22/h7-12,14-15,25H,3-5,13H2,1-2,6H3. The minimum absolute atomic E-state index is 0.426. The van der Waals surface area contributed by atoms with Crippen LogP contribution in [0.4, 0.5) is 0 Å². The zero-order valence-electron chi connectivity index (χ0n) is 16.3. The summed E-state index contributed by atoms with van der Waals surface area (Å²) in [6, 6.07) is 14.8. The molecule has 27 heavy (non-hydrogen) atoms. The quantitative estimate of drug-likeness (QED) is 0.328. The van der Waals surface area contributed by atoms with Gasteiger partial charge in [-0.3, -0.25) is 0 Å². The number of aromatic nitrogens is 1. The molecule has 138 valence electrons. The monoisotopic (exact) mass is 358 g/mol. The molecule has 0 amide bonds. The van der Waals surface area contributed by atoms with E-state index < -0.39 is 0 Å². The van der Waals surface area contributed by atoms with Crippen LogP contribution in [0.3, 0.4) is 0 Å². The van der Waals surface area contributed by atoms with E-state index in [-0.39, 0.29) is 0 Å². The molecular weight excluding hydrogens is 332 g/mol. The molecule has 3 heteroatoms. The molecule has 1 aromatic heterocycles. The predicted molar refractivity (Wildman–Crippen MR) is 115 cm³/mol. The fourth-order valence-electron chi connectivity index (χ4n) is 3.25. The highest BCUT2D eigenvalue weighted by Crippen LogP contribution is 2.32. The third-order valence-corrected chi connectivity index (χ3v) is 4.58. The number of nitrogens with zero attached hydrogens (tertiary/aromatic N) is 1. The highest BCUT2D eigenvalue weighted by Gasteiger charge is 2.14. The molecule has 0 aliphatic carbocycles. The van der Waals surface area contributed by atoms with Gasteiger partial charge in [-0.15, -0.1) is 0 Å². The Morgan fingerprint density at radius 1 is 1.11 bits per heavy atom. The van der Waals surface area contributed by atoms with Crippen LogP contribution in [0.25, 0.3) is 27.2 Å². The summed E-state index contributed by atoms with van der Waals surface area (Å²) in [4.78, 5) is 4.86. The van der Waals surface area contributed by atoms with Crippen molar-refractivity contribution in [3.8, 4) is 0 Å². The zero-order chi connectivity index (χ0) is 19.6. The number of ether oxygens (including phenoxy) is 1. The Morgan fingerprint density at radius 3 is 2.56 bits per heavy atom. The molecule has 1 N–H and O–H groups in total. The second kappa shape index (κ2) is 7.67. The summed E-state index contributed by atoms with van der Waals surface area (Å²) in [6.45, 7) is 16.4. The van der Waals surface area contributed by atoms with Crippen LogP contribution < -0.4 is 5.32 Å². The van der Waals surface area contributed by atoms with Crippen LogP contribution in [0.15, 0.2) is 73.8 Å². The number of hydrogen-bond acceptors (Lipinski definition) is 3. The first-order chi connectivity index (χ1) is 12.9. The van der Waals surface area contributed by atoms with Crippen molar-refractivity contribution in [3.63, 3.8) is 0 Å². The SMILES string of the molecule is C=C(NC)OC(=C)C(=C)c1cc(CC(C)C)c2c(ccc3ccccc32)n1. The topological polar surface area (TPSA) is 34.1 Å². The second-order valence-electron chi connectivity index (χ2n) is 7.12. The molecule has 0 unspecified atom stereocenters. The largest absolute Gasteiger partial charge is 0.442 e. The smallest absolute Gasteiger partial charge is 0.185 e. The first kappa shape index (κ1) is 18.7. The minimum Gasteiger partial charge on any atom is -0.442 e. The van der Waals surface area contributed by atoms with Crippen LogP contribution in [-0.2, 0) is 11.2 Å². The first-order valence-corrected chi connectivity index (χ1v) is 9.15. The van der Waals surface area contributed by atoms with Gasteiger partial charge in [0.1, 0.15) is 5.76 Å². The van der Waals surface area contributed by atoms with Gasteiger partial charge in [0.2, 0.25) is 0 Å². The molecule has 0 bridgehead atoms. The number of nitrogens with one attached hydrogen (secondary N) is 1. The fourth-order valence-corrected chi connectivity index (χ4v) is 3.25. The minimum atomic E-state index is 0.426. The van der Waals surface area contributed by atoms with Crippen molar-refractivity contribution in [2.45, 2.75) is 20.3 Å². The van der Waals surface area contributed by atoms with Crippen molar-refractivity contribution < 1.29 is 4.74 Å². The average molecular weight is 358 g/mol. The van der Waals surface area contributed by atoms with Gasteiger partial charge >= 0.3 is 0 Å². The Hall–Kier alpha value is -3.07. The Balaban J connectivity index is 2.16. The summed E-state index contributed by atoms with van der Waals surface area (Å²) in [5, 5.41) is 6.52. The van der Waals surface area contributed by atoms with E-state index in [2.05, 4.69) is 81.4 Å². The van der Waals surface area contributed by atoms with Crippen LogP contribution in [0.5, 0.6) is 0 Å². The second-order valence-corrected chi connectivity index (χ2v) is 7.12. The van der Waals surface area contributed by atoms with E-state index >= 15 is 0 Å². The van der Waals surface area contributed by atoms with Crippen molar-refractivity contribution in [1.82, 2.24) is 10.3 Å². The summed E-state index contributed by atoms with van der Waals surface area (Å²) in [6.07, 6.45) is 0.962. The lowest BCUT2D eigenvalue weighted by Crippen LogP contribution is -2.08. The molecule has 0 radical (unpaired) electrons. The van der Waals surface area contributed by atoms with Gasteiger partial charge < -0.3 is 10.1 Å². The summed E-state index contributed by atoms with van der Waals surface area (Å²) in [5.74, 6) is 1.40. The first-order valence-electron chi connectivity index (χ1n) is 9.15. The Bertz CT molecular complexity index is 1050. The highest BCUT2D eigenvalue weighted by atomic mass is 16.5. The molecule has 0 fully saturated rings. The number of pyridine rings is 1. The van der Waals surface area contributed by atoms with Crippen molar-refractivity contribution in [2.75, 3.05) is 7.05 Å². The van der Waals surface area contributed by atoms with Gasteiger partial charge in [-0.2, -0.15) is 0 Å². The summed E-state index contributed by atoms with van der Waals surface area (Å²) in [7, 11) is 1.75. The number of fused-ring (bicyclic) bond motifs is 3. The normalized spacial score (nSPS) is 11.0. The number of benzene rings is 2. The van der Waals surface area contributed by atoms with Crippen molar-refractivity contribution in [2.24, 2.45) is 5.92 Å². The van der Waals surface area contributed by atoms with Gasteiger partial charge in [0, 0.05) is 18.0 Å². The van der Waals surface area contributed by atoms with Crippen molar-refractivity contribution >= 4 is 27.2 Å². The van der Waals surface area contributed by atoms with E-state index in [1.807, 2.05) is 0 Å². The Morgan fingerprint density at radius 2 is 1.85 bits per heavy atom. The van der Waals surface area contributed by atoms with E-state index in [9.17, 15) is 0 Å². The maximum absolute atomic E-state index is 5.58. The molecule has 0 saturated carbocycles. The highest BCUT2D eigenvalue weighted by molar-refractivity contribution is 6.08. The molecule has 1 heterocycles. The third kappa shape index (κ3) is 3.87. The van der Waals surface area contributed by atoms with E-state index in [1.165, 1.54) is 21.7 Å². The summed E-state index contributed by atoms with van der Waals surface area (Å²) >= 11 is 0. The molecule has 3 nitrogen and oxygen atoms in total. The number of hydrogen-bond donors (Lipinski definition) is 1. The molecule has 3 rings (SSSR count). The van der Waals surface area contributed by atoms with Gasteiger partial charge in [-0.25, -0.2) is 4.98 Å². The van der Waals surface area contributed by atoms with E-state index in [1.54, 1.807) is 7.05 Å². The molecule has 0 aliphatic rings. The van der Waals surface area contributed by atoms with Gasteiger partial charge in [0.05, 0.1) is 11.2 Å². The van der Waals surface area contributed by atoms with Gasteiger partial charge in [-0.1, -0.05) is 57.3 Å². The van der Waals surface area contributed by atoms with E-state index in [4.69, 9.17) is 9.72 Å². The number of allylic oxidation sites excluding steroid dienone is 1. The predicted octanol–water partition coefficient (Wildman–Crippen LogP) is 5.82. The maximum atomic E-state index is 5.58. The molecule has 3 aromatic rings. The molecule has 0 aliphatic heterocycles. The van der Waals surface area contributed by atoms with Gasteiger partial charge in [0.15, 0.2) is 5.88 Å². The lowest BCUT2D eigenvalue weighted by atomic mass is 9.94. The maximum Gasteiger partial charge on any atom is 0.185 e. The zero-order valence-corrected chi connectivity index (χ0v) is 16.3. The van der Waals surface area contributed by atoms with E-state index in [0.717, 1.165) is 17.6 Å². The summed E-state index contributed by atoms with van der Waals surface area (Å²) < 4.78 is 5.58. The van der Waals surface area contributed by atoms with E-state index in [0.29, 0.717) is 23.1 Å². The lowest BCUT2D eigenvalue weighted by Gasteiger charge is -2.16. The molecular formula is C24H26N2O. The average Bonchev–Trinajstić information content (AvgIpc) is 2.66. The van der Waals surface area contributed by atoms with Gasteiger partial charge in [-0.05, 0) is 47.4 Å². The Kier molecular flexibility index (Phi) is 5.31. The Labute approximate surface area is 161 Å². The number of rotatable bonds is 7. The molecule has 0 saturated heterocycles. The summed E-state index contributed by atoms with van der Waals surface area (Å²) in [5.41, 5.74) is 3.67. The molecule has 0 spiro atoms. The molecule has 0 atom stereocenters. The van der Waals surface area contributed by atoms with Crippen LogP contribution >= 0.6 is 0 Å². The van der Waals surface area contributed by atoms with Crippen LogP contribution in [0.1, 0.15) is 25.1 Å². The third-order valence-electron chi connectivity index (χ3n) is 4.58. The van der Waals surface area contributed by atoms with Crippen LogP contribution in [-0.4, -0.2) is 12.0 Å². The van der Waals surface area contributed by atoms with Crippen molar-refractivity contribution in [1.29, 1.82) is 0 Å². The van der Waals surface area contributed by atoms with Crippen molar-refractivity contribution in [3.05, 3.63) is 85.1 Å². The van der Waals surface area contributed by atoms with Crippen LogP contribution in [0.2, 0.25) is 0 Å². The fraction of sp³-hybridized carbons (Fsp3) is 0.208. The van der Waals surface area contributed by atoms with Gasteiger partial charge in [0.25, 0.3) is 0 Å². The lowest BCUT2D eigenvalue weighted by molar-refractivity contribution is 0.303.